The van der Waals surface area contributed by atoms with Crippen molar-refractivity contribution < 1.29 is 0 Å². The predicted molar refractivity (Wildman–Crippen MR) is 57.9 cm³/mol. The number of halogens is 1. The lowest BCUT2D eigenvalue weighted by Gasteiger charge is -2.14. The lowest BCUT2D eigenvalue weighted by atomic mass is 9.94. The van der Waals surface area contributed by atoms with Crippen molar-refractivity contribution in [3.05, 3.63) is 0 Å². The highest BCUT2D eigenvalue weighted by Gasteiger charge is 2.06. The van der Waals surface area contributed by atoms with E-state index in [0.29, 0.717) is 5.38 Å². The minimum absolute atomic E-state index is 0.362. The lowest BCUT2D eigenvalue weighted by molar-refractivity contribution is 0.409. The Morgan fingerprint density at radius 2 is 1.75 bits per heavy atom. The summed E-state index contributed by atoms with van der Waals surface area (Å²) in [6.45, 7) is 6.64. The minimum atomic E-state index is 0.362. The van der Waals surface area contributed by atoms with Crippen LogP contribution in [0.2, 0.25) is 0 Å². The summed E-state index contributed by atoms with van der Waals surface area (Å²) in [7, 11) is 0. The molecular weight excluding hydrogens is 168 g/mol. The van der Waals surface area contributed by atoms with E-state index in [2.05, 4.69) is 20.8 Å². The van der Waals surface area contributed by atoms with E-state index in [1.807, 2.05) is 0 Å². The van der Waals surface area contributed by atoms with Crippen molar-refractivity contribution in [1.82, 2.24) is 0 Å². The van der Waals surface area contributed by atoms with E-state index in [4.69, 9.17) is 11.6 Å². The molecule has 0 amide bonds. The molecule has 0 bridgehead atoms. The molecule has 0 aliphatic rings. The van der Waals surface area contributed by atoms with Crippen molar-refractivity contribution in [2.75, 3.05) is 0 Å². The molecule has 0 aromatic heterocycles. The van der Waals surface area contributed by atoms with Gasteiger partial charge in [0, 0.05) is 5.38 Å². The second-order valence-electron chi connectivity index (χ2n) is 3.77. The largest absolute Gasteiger partial charge is 0.123 e. The molecule has 74 valence electrons. The molecule has 0 radical (unpaired) electrons. The smallest absolute Gasteiger partial charge is 0.0307 e. The van der Waals surface area contributed by atoms with Crippen LogP contribution in [0, 0.1) is 5.92 Å². The van der Waals surface area contributed by atoms with Gasteiger partial charge in [-0.3, -0.25) is 0 Å². The van der Waals surface area contributed by atoms with Gasteiger partial charge in [-0.2, -0.15) is 0 Å². The van der Waals surface area contributed by atoms with Gasteiger partial charge in [-0.1, -0.05) is 39.5 Å². The van der Waals surface area contributed by atoms with Gasteiger partial charge in [0.05, 0.1) is 0 Å². The highest BCUT2D eigenvalue weighted by molar-refractivity contribution is 6.20. The molecule has 0 heterocycles. The number of alkyl halides is 1. The fraction of sp³-hybridized carbons (Fsp3) is 1.00. The molecule has 0 N–H and O–H groups in total. The van der Waals surface area contributed by atoms with Crippen LogP contribution in [0.4, 0.5) is 0 Å². The quantitative estimate of drug-likeness (QED) is 0.515. The highest BCUT2D eigenvalue weighted by atomic mass is 35.5. The first-order valence-corrected chi connectivity index (χ1v) is 5.78. The first-order valence-electron chi connectivity index (χ1n) is 5.34. The third kappa shape index (κ3) is 6.97. The molecule has 12 heavy (non-hydrogen) atoms. The van der Waals surface area contributed by atoms with Gasteiger partial charge in [-0.15, -0.1) is 11.6 Å². The van der Waals surface area contributed by atoms with Crippen LogP contribution in [-0.4, -0.2) is 5.38 Å². The fourth-order valence-corrected chi connectivity index (χ4v) is 1.64. The van der Waals surface area contributed by atoms with Crippen molar-refractivity contribution in [2.45, 2.75) is 64.7 Å². The van der Waals surface area contributed by atoms with Crippen LogP contribution in [0.5, 0.6) is 0 Å². The number of hydrogen-bond donors (Lipinski definition) is 0. The summed E-state index contributed by atoms with van der Waals surface area (Å²) in [5.74, 6) is 0.922. The normalized spacial score (nSPS) is 16.0. The second kappa shape index (κ2) is 7.91. The monoisotopic (exact) mass is 190 g/mol. The molecule has 0 aliphatic carbocycles. The minimum Gasteiger partial charge on any atom is -0.123 e. The molecule has 0 saturated carbocycles. The first kappa shape index (κ1) is 12.3. The van der Waals surface area contributed by atoms with Crippen molar-refractivity contribution in [3.63, 3.8) is 0 Å². The number of hydrogen-bond acceptors (Lipinski definition) is 0. The molecule has 0 fully saturated rings. The van der Waals surface area contributed by atoms with E-state index < -0.39 is 0 Å². The molecule has 2 atom stereocenters. The summed E-state index contributed by atoms with van der Waals surface area (Å²) in [6.07, 6.45) is 7.94. The van der Waals surface area contributed by atoms with Gasteiger partial charge in [0.25, 0.3) is 0 Å². The fourth-order valence-electron chi connectivity index (χ4n) is 1.51. The van der Waals surface area contributed by atoms with Crippen molar-refractivity contribution >= 4 is 11.6 Å². The maximum absolute atomic E-state index is 5.91. The highest BCUT2D eigenvalue weighted by Crippen LogP contribution is 2.20. The molecule has 0 aromatic rings. The Labute approximate surface area is 82.7 Å². The van der Waals surface area contributed by atoms with E-state index in [-0.39, 0.29) is 0 Å². The van der Waals surface area contributed by atoms with Gasteiger partial charge in [0.15, 0.2) is 0 Å². The van der Waals surface area contributed by atoms with Gasteiger partial charge < -0.3 is 0 Å². The van der Waals surface area contributed by atoms with Crippen molar-refractivity contribution in [2.24, 2.45) is 5.92 Å². The van der Waals surface area contributed by atoms with E-state index in [0.717, 1.165) is 5.92 Å². The zero-order valence-electron chi connectivity index (χ0n) is 8.78. The summed E-state index contributed by atoms with van der Waals surface area (Å²) in [5.41, 5.74) is 0. The molecule has 0 nitrogen and oxygen atoms in total. The summed E-state index contributed by atoms with van der Waals surface area (Å²) in [4.78, 5) is 0. The van der Waals surface area contributed by atoms with Gasteiger partial charge >= 0.3 is 0 Å². The molecule has 0 aliphatic heterocycles. The molecule has 2 unspecified atom stereocenters. The number of unbranched alkanes of at least 4 members (excludes halogenated alkanes) is 1. The first-order chi connectivity index (χ1) is 5.70. The Morgan fingerprint density at radius 1 is 1.08 bits per heavy atom. The Morgan fingerprint density at radius 3 is 2.17 bits per heavy atom. The summed E-state index contributed by atoms with van der Waals surface area (Å²) >= 11 is 5.91. The Balaban J connectivity index is 3.39. The molecule has 0 spiro atoms. The van der Waals surface area contributed by atoms with Crippen LogP contribution < -0.4 is 0 Å². The zero-order chi connectivity index (χ0) is 9.40. The lowest BCUT2D eigenvalue weighted by Crippen LogP contribution is -2.02. The summed E-state index contributed by atoms with van der Waals surface area (Å²) in [5, 5.41) is 0.362. The van der Waals surface area contributed by atoms with Crippen molar-refractivity contribution in [3.8, 4) is 0 Å². The van der Waals surface area contributed by atoms with Crippen LogP contribution in [0.3, 0.4) is 0 Å². The topological polar surface area (TPSA) is 0 Å². The van der Waals surface area contributed by atoms with Gasteiger partial charge in [-0.25, -0.2) is 0 Å². The molecule has 0 rings (SSSR count). The van der Waals surface area contributed by atoms with Crippen LogP contribution in [0.25, 0.3) is 0 Å². The van der Waals surface area contributed by atoms with Crippen molar-refractivity contribution in [1.29, 1.82) is 0 Å². The number of rotatable bonds is 7. The maximum Gasteiger partial charge on any atom is 0.0307 e. The van der Waals surface area contributed by atoms with Gasteiger partial charge in [-0.05, 0) is 25.7 Å². The maximum atomic E-state index is 5.91. The van der Waals surface area contributed by atoms with Crippen LogP contribution in [0.15, 0.2) is 0 Å². The predicted octanol–water partition coefficient (Wildman–Crippen LogP) is 4.61. The molecule has 0 aromatic carbocycles. The van der Waals surface area contributed by atoms with Gasteiger partial charge in [0.2, 0.25) is 0 Å². The molecule has 0 saturated heterocycles. The summed E-state index contributed by atoms with van der Waals surface area (Å²) in [6, 6.07) is 0. The zero-order valence-corrected chi connectivity index (χ0v) is 9.53. The van der Waals surface area contributed by atoms with Crippen LogP contribution >= 0.6 is 11.6 Å². The Hall–Kier alpha value is 0.290. The SMILES string of the molecule is CCCCC(CC)CCC(C)Cl. The van der Waals surface area contributed by atoms with E-state index in [1.54, 1.807) is 0 Å². The standard InChI is InChI=1S/C11H23Cl/c1-4-6-7-11(5-2)9-8-10(3)12/h10-11H,4-9H2,1-3H3. The third-order valence-electron chi connectivity index (χ3n) is 2.52. The average Bonchev–Trinajstić information content (AvgIpc) is 2.05. The van der Waals surface area contributed by atoms with E-state index in [1.165, 1.54) is 38.5 Å². The Bertz CT molecular complexity index is 89.0. The molecular formula is C11H23Cl. The second-order valence-corrected chi connectivity index (χ2v) is 4.52. The molecule has 1 heteroatoms. The van der Waals surface area contributed by atoms with E-state index >= 15 is 0 Å². The van der Waals surface area contributed by atoms with Crippen LogP contribution in [-0.2, 0) is 0 Å². The van der Waals surface area contributed by atoms with E-state index in [9.17, 15) is 0 Å². The summed E-state index contributed by atoms with van der Waals surface area (Å²) < 4.78 is 0. The van der Waals surface area contributed by atoms with Crippen LogP contribution in [0.1, 0.15) is 59.3 Å². The Kier molecular flexibility index (Phi) is 8.11. The third-order valence-corrected chi connectivity index (χ3v) is 2.73. The average molecular weight is 191 g/mol. The van der Waals surface area contributed by atoms with Gasteiger partial charge in [0.1, 0.15) is 0 Å².